The summed E-state index contributed by atoms with van der Waals surface area (Å²) in [5, 5.41) is 19.1. The van der Waals surface area contributed by atoms with Crippen LogP contribution in [0.1, 0.15) is 17.6 Å². The van der Waals surface area contributed by atoms with Crippen molar-refractivity contribution >= 4 is 17.0 Å². The maximum Gasteiger partial charge on any atom is 0.249 e. The van der Waals surface area contributed by atoms with E-state index in [1.54, 1.807) is 19.1 Å². The van der Waals surface area contributed by atoms with Gasteiger partial charge in [0, 0.05) is 6.92 Å². The second-order valence-corrected chi connectivity index (χ2v) is 3.75. The first-order valence-corrected chi connectivity index (χ1v) is 5.01. The van der Waals surface area contributed by atoms with Crippen LogP contribution in [0.5, 0.6) is 0 Å². The number of carbonyl (C=O) groups is 1. The number of aryl methyl sites for hydroxylation is 1. The molecule has 0 saturated heterocycles. The molecule has 17 heavy (non-hydrogen) atoms. The largest absolute Gasteiger partial charge is 0.441 e. The van der Waals surface area contributed by atoms with E-state index in [-0.39, 0.29) is 0 Å². The fourth-order valence-electron chi connectivity index (χ4n) is 1.58. The molecule has 0 bridgehead atoms. The fraction of sp³-hybridized carbons (Fsp3) is 0.273. The first kappa shape index (κ1) is 11.6. The molecule has 0 fully saturated rings. The molecule has 90 valence electrons. The predicted octanol–water partition coefficient (Wildman–Crippen LogP) is 0.0158. The smallest absolute Gasteiger partial charge is 0.249 e. The van der Waals surface area contributed by atoms with E-state index in [1.807, 2.05) is 0 Å². The summed E-state index contributed by atoms with van der Waals surface area (Å²) in [5.41, 5.74) is 6.38. The van der Waals surface area contributed by atoms with E-state index in [9.17, 15) is 15.0 Å². The van der Waals surface area contributed by atoms with Crippen LogP contribution in [0.25, 0.3) is 11.1 Å². The van der Waals surface area contributed by atoms with Crippen molar-refractivity contribution in [2.75, 3.05) is 0 Å². The molecular weight excluding hydrogens is 224 g/mol. The van der Waals surface area contributed by atoms with Gasteiger partial charge in [0.15, 0.2) is 17.6 Å². The molecule has 0 aliphatic heterocycles. The van der Waals surface area contributed by atoms with Gasteiger partial charge in [0.25, 0.3) is 0 Å². The van der Waals surface area contributed by atoms with Crippen LogP contribution in [-0.2, 0) is 4.79 Å². The van der Waals surface area contributed by atoms with E-state index in [2.05, 4.69) is 4.98 Å². The summed E-state index contributed by atoms with van der Waals surface area (Å²) in [7, 11) is 0. The van der Waals surface area contributed by atoms with Crippen LogP contribution in [0.3, 0.4) is 0 Å². The van der Waals surface area contributed by atoms with E-state index in [0.29, 0.717) is 22.6 Å². The fourth-order valence-corrected chi connectivity index (χ4v) is 1.58. The van der Waals surface area contributed by atoms with E-state index < -0.39 is 18.1 Å². The summed E-state index contributed by atoms with van der Waals surface area (Å²) in [4.78, 5) is 14.8. The van der Waals surface area contributed by atoms with E-state index >= 15 is 0 Å². The number of carbonyl (C=O) groups excluding carboxylic acids is 1. The zero-order valence-electron chi connectivity index (χ0n) is 9.12. The quantitative estimate of drug-likeness (QED) is 0.695. The van der Waals surface area contributed by atoms with Crippen molar-refractivity contribution in [1.82, 2.24) is 4.98 Å². The van der Waals surface area contributed by atoms with Gasteiger partial charge < -0.3 is 20.4 Å². The summed E-state index contributed by atoms with van der Waals surface area (Å²) < 4.78 is 5.28. The first-order chi connectivity index (χ1) is 7.99. The zero-order valence-corrected chi connectivity index (χ0v) is 9.12. The minimum Gasteiger partial charge on any atom is -0.441 e. The highest BCUT2D eigenvalue weighted by Gasteiger charge is 2.23. The summed E-state index contributed by atoms with van der Waals surface area (Å²) in [6, 6.07) is 4.71. The summed E-state index contributed by atoms with van der Waals surface area (Å²) in [6.07, 6.45) is -3.02. The van der Waals surface area contributed by atoms with Crippen LogP contribution in [0.4, 0.5) is 0 Å². The molecule has 2 rings (SSSR count). The van der Waals surface area contributed by atoms with Crippen molar-refractivity contribution in [2.24, 2.45) is 5.73 Å². The molecule has 1 aromatic carbocycles. The van der Waals surface area contributed by atoms with Gasteiger partial charge in [-0.15, -0.1) is 0 Å². The lowest BCUT2D eigenvalue weighted by Crippen LogP contribution is -2.33. The molecule has 1 aromatic heterocycles. The van der Waals surface area contributed by atoms with Crippen molar-refractivity contribution in [3.05, 3.63) is 29.7 Å². The van der Waals surface area contributed by atoms with Crippen LogP contribution in [0, 0.1) is 6.92 Å². The normalized spacial score (nSPS) is 14.8. The van der Waals surface area contributed by atoms with Gasteiger partial charge in [-0.25, -0.2) is 4.98 Å². The number of hydrogen-bond donors (Lipinski definition) is 3. The van der Waals surface area contributed by atoms with Crippen LogP contribution >= 0.6 is 0 Å². The number of nitrogens with zero attached hydrogens (tertiary/aromatic N) is 1. The Morgan fingerprint density at radius 3 is 2.82 bits per heavy atom. The van der Waals surface area contributed by atoms with Crippen LogP contribution in [0.2, 0.25) is 0 Å². The predicted molar refractivity (Wildman–Crippen MR) is 58.9 cm³/mol. The highest BCUT2D eigenvalue weighted by atomic mass is 16.3. The Hall–Kier alpha value is -1.92. The van der Waals surface area contributed by atoms with Crippen LogP contribution in [0.15, 0.2) is 22.6 Å². The molecule has 0 spiro atoms. The van der Waals surface area contributed by atoms with Gasteiger partial charge in [-0.3, -0.25) is 4.79 Å². The summed E-state index contributed by atoms with van der Waals surface area (Å²) in [6.45, 7) is 1.70. The first-order valence-electron chi connectivity index (χ1n) is 5.01. The summed E-state index contributed by atoms with van der Waals surface area (Å²) in [5.74, 6) is -0.478. The Kier molecular flexibility index (Phi) is 2.83. The van der Waals surface area contributed by atoms with Gasteiger partial charge in [-0.1, -0.05) is 6.07 Å². The van der Waals surface area contributed by atoms with Crippen molar-refractivity contribution in [2.45, 2.75) is 19.1 Å². The SMILES string of the molecule is Cc1nc2ccc(C(O)C(O)C(N)=O)cc2o1. The van der Waals surface area contributed by atoms with Gasteiger partial charge in [-0.05, 0) is 17.7 Å². The van der Waals surface area contributed by atoms with E-state index in [0.717, 1.165) is 0 Å². The Morgan fingerprint density at radius 2 is 2.18 bits per heavy atom. The molecule has 0 saturated carbocycles. The standard InChI is InChI=1S/C11H12N2O4/c1-5-13-7-3-2-6(4-8(7)17-5)9(14)10(15)11(12)16/h2-4,9-10,14-15H,1H3,(H2,12,16). The number of rotatable bonds is 3. The lowest BCUT2D eigenvalue weighted by atomic mass is 10.0. The average molecular weight is 236 g/mol. The van der Waals surface area contributed by atoms with Crippen molar-refractivity contribution in [1.29, 1.82) is 0 Å². The molecule has 2 aromatic rings. The molecule has 6 nitrogen and oxygen atoms in total. The third-order valence-corrected chi connectivity index (χ3v) is 2.45. The maximum absolute atomic E-state index is 10.8. The molecule has 0 aliphatic carbocycles. The lowest BCUT2D eigenvalue weighted by molar-refractivity contribution is -0.131. The number of benzene rings is 1. The second kappa shape index (κ2) is 4.15. The van der Waals surface area contributed by atoms with Crippen molar-refractivity contribution in [3.8, 4) is 0 Å². The third kappa shape index (κ3) is 2.13. The number of aromatic nitrogens is 1. The second-order valence-electron chi connectivity index (χ2n) is 3.75. The molecule has 1 amide bonds. The maximum atomic E-state index is 10.8. The van der Waals surface area contributed by atoms with Crippen molar-refractivity contribution < 1.29 is 19.4 Å². The average Bonchev–Trinajstić information content (AvgIpc) is 2.65. The third-order valence-electron chi connectivity index (χ3n) is 2.45. The molecule has 0 radical (unpaired) electrons. The Bertz CT molecular complexity index is 564. The number of amides is 1. The van der Waals surface area contributed by atoms with Gasteiger partial charge in [-0.2, -0.15) is 0 Å². The monoisotopic (exact) mass is 236 g/mol. The van der Waals surface area contributed by atoms with Crippen molar-refractivity contribution in [3.63, 3.8) is 0 Å². The van der Waals surface area contributed by atoms with E-state index in [1.165, 1.54) is 6.07 Å². The van der Waals surface area contributed by atoms with Gasteiger partial charge >= 0.3 is 0 Å². The molecule has 2 atom stereocenters. The number of hydrogen-bond acceptors (Lipinski definition) is 5. The summed E-state index contributed by atoms with van der Waals surface area (Å²) >= 11 is 0. The van der Waals surface area contributed by atoms with Gasteiger partial charge in [0.2, 0.25) is 5.91 Å². The lowest BCUT2D eigenvalue weighted by Gasteiger charge is -2.14. The molecule has 2 unspecified atom stereocenters. The molecule has 6 heteroatoms. The van der Waals surface area contributed by atoms with E-state index in [4.69, 9.17) is 10.2 Å². The number of fused-ring (bicyclic) bond motifs is 1. The highest BCUT2D eigenvalue weighted by molar-refractivity contribution is 5.80. The number of aliphatic hydroxyl groups excluding tert-OH is 2. The number of oxazole rings is 1. The minimum atomic E-state index is -1.64. The molecule has 4 N–H and O–H groups in total. The van der Waals surface area contributed by atoms with Crippen LogP contribution < -0.4 is 5.73 Å². The molecule has 0 aliphatic rings. The number of aliphatic hydroxyl groups is 2. The zero-order chi connectivity index (χ0) is 12.6. The Morgan fingerprint density at radius 1 is 1.47 bits per heavy atom. The van der Waals surface area contributed by atoms with Crippen LogP contribution in [-0.4, -0.2) is 27.2 Å². The Labute approximate surface area is 96.7 Å². The van der Waals surface area contributed by atoms with Gasteiger partial charge in [0.1, 0.15) is 11.6 Å². The molecule has 1 heterocycles. The Balaban J connectivity index is 2.38. The molecular formula is C11H12N2O4. The number of nitrogens with two attached hydrogens (primary N) is 1. The minimum absolute atomic E-state index is 0.347. The number of primary amides is 1. The topological polar surface area (TPSA) is 110 Å². The van der Waals surface area contributed by atoms with Gasteiger partial charge in [0.05, 0.1) is 0 Å². The highest BCUT2D eigenvalue weighted by Crippen LogP contribution is 2.23.